The number of nitrogens with one attached hydrogen (secondary N) is 1. The Morgan fingerprint density at radius 3 is 2.31 bits per heavy atom. The summed E-state index contributed by atoms with van der Waals surface area (Å²) in [6.45, 7) is 1.99. The van der Waals surface area contributed by atoms with Gasteiger partial charge in [-0.1, -0.05) is 43.3 Å². The lowest BCUT2D eigenvalue weighted by Crippen LogP contribution is -2.54. The molecule has 0 aliphatic carbocycles. The van der Waals surface area contributed by atoms with E-state index in [-0.39, 0.29) is 16.9 Å². The minimum absolute atomic E-state index is 0.0313. The van der Waals surface area contributed by atoms with Crippen LogP contribution in [0.4, 0.5) is 10.5 Å². The van der Waals surface area contributed by atoms with Crippen LogP contribution in [0.5, 0.6) is 0 Å². The number of nitrogens with zero attached hydrogens (tertiary/aromatic N) is 1. The minimum Gasteiger partial charge on any atom is -0.545 e. The number of barbiturate groups is 1. The average Bonchev–Trinajstić information content (AvgIpc) is 3.26. The molecule has 4 rings (SSSR count). The minimum atomic E-state index is -1.29. The summed E-state index contributed by atoms with van der Waals surface area (Å²) < 4.78 is 5.69. The first-order valence-electron chi connectivity index (χ1n) is 9.79. The van der Waals surface area contributed by atoms with Crippen molar-refractivity contribution in [2.75, 3.05) is 4.90 Å². The van der Waals surface area contributed by atoms with E-state index in [2.05, 4.69) is 5.32 Å². The van der Waals surface area contributed by atoms with Gasteiger partial charge in [0.2, 0.25) is 0 Å². The molecule has 2 aromatic carbocycles. The van der Waals surface area contributed by atoms with Crippen LogP contribution in [0, 0.1) is 0 Å². The maximum absolute atomic E-state index is 13.0. The third kappa shape index (κ3) is 3.93. The van der Waals surface area contributed by atoms with Gasteiger partial charge in [-0.3, -0.25) is 14.9 Å². The molecule has 1 saturated heterocycles. The first kappa shape index (κ1) is 20.8. The van der Waals surface area contributed by atoms with Crippen LogP contribution in [-0.4, -0.2) is 23.8 Å². The lowest BCUT2D eigenvalue weighted by molar-refractivity contribution is -0.255. The number of carbonyl (C=O) groups excluding carboxylic acids is 4. The summed E-state index contributed by atoms with van der Waals surface area (Å²) in [6, 6.07) is 15.1. The van der Waals surface area contributed by atoms with E-state index in [1.165, 1.54) is 18.2 Å². The second kappa shape index (κ2) is 8.35. The zero-order valence-corrected chi connectivity index (χ0v) is 17.0. The van der Waals surface area contributed by atoms with Gasteiger partial charge < -0.3 is 14.3 Å². The van der Waals surface area contributed by atoms with E-state index in [1.807, 2.05) is 6.92 Å². The number of furan rings is 1. The summed E-state index contributed by atoms with van der Waals surface area (Å²) in [5.41, 5.74) is 1.77. The van der Waals surface area contributed by atoms with E-state index in [1.54, 1.807) is 48.5 Å². The first-order valence-corrected chi connectivity index (χ1v) is 9.79. The summed E-state index contributed by atoms with van der Waals surface area (Å²) in [5, 5.41) is 13.0. The van der Waals surface area contributed by atoms with Gasteiger partial charge in [0.15, 0.2) is 0 Å². The van der Waals surface area contributed by atoms with Gasteiger partial charge >= 0.3 is 6.03 Å². The SMILES string of the molecule is CCc1ccc(N2C(=O)NC(=O)/C(=C/c3ccc(-c4ccc(C(=O)[O-])cc4)o3)C2=O)cc1. The molecule has 8 heteroatoms. The Morgan fingerprint density at radius 1 is 1.00 bits per heavy atom. The average molecular weight is 429 g/mol. The number of carboxylic acids is 1. The van der Waals surface area contributed by atoms with Crippen molar-refractivity contribution in [3.05, 3.63) is 83.1 Å². The molecule has 0 saturated carbocycles. The van der Waals surface area contributed by atoms with Gasteiger partial charge in [-0.05, 0) is 47.9 Å². The Hall–Kier alpha value is -4.46. The number of carboxylic acid groups (broad SMARTS) is 1. The van der Waals surface area contributed by atoms with Crippen LogP contribution >= 0.6 is 0 Å². The molecule has 0 atom stereocenters. The Balaban J connectivity index is 1.62. The predicted octanol–water partition coefficient (Wildman–Crippen LogP) is 2.54. The molecule has 0 spiro atoms. The number of rotatable bonds is 5. The number of hydrogen-bond donors (Lipinski definition) is 1. The van der Waals surface area contributed by atoms with Crippen LogP contribution in [0.3, 0.4) is 0 Å². The number of anilines is 1. The van der Waals surface area contributed by atoms with Crippen LogP contribution in [0.1, 0.15) is 28.6 Å². The van der Waals surface area contributed by atoms with Crippen LogP contribution in [0.2, 0.25) is 0 Å². The molecule has 0 radical (unpaired) electrons. The number of aromatic carboxylic acids is 1. The highest BCUT2D eigenvalue weighted by molar-refractivity contribution is 6.39. The van der Waals surface area contributed by atoms with E-state index in [9.17, 15) is 24.3 Å². The maximum atomic E-state index is 13.0. The Kier molecular flexibility index (Phi) is 5.43. The van der Waals surface area contributed by atoms with Gasteiger partial charge in [0.25, 0.3) is 11.8 Å². The molecule has 32 heavy (non-hydrogen) atoms. The monoisotopic (exact) mass is 429 g/mol. The summed E-state index contributed by atoms with van der Waals surface area (Å²) >= 11 is 0. The van der Waals surface area contributed by atoms with Crippen LogP contribution in [0.25, 0.3) is 17.4 Å². The highest BCUT2D eigenvalue weighted by Gasteiger charge is 2.37. The topological polar surface area (TPSA) is 120 Å². The lowest BCUT2D eigenvalue weighted by Gasteiger charge is -2.26. The van der Waals surface area contributed by atoms with Gasteiger partial charge in [-0.25, -0.2) is 9.69 Å². The van der Waals surface area contributed by atoms with E-state index < -0.39 is 23.8 Å². The highest BCUT2D eigenvalue weighted by atomic mass is 16.4. The smallest absolute Gasteiger partial charge is 0.335 e. The van der Waals surface area contributed by atoms with Gasteiger partial charge in [0.1, 0.15) is 17.1 Å². The standard InChI is InChI=1S/C24H18N2O6/c1-2-14-3-9-17(10-4-14)26-22(28)19(21(27)25-24(26)31)13-18-11-12-20(32-18)15-5-7-16(8-6-15)23(29)30/h3-13H,2H2,1H3,(H,29,30)(H,25,27,31)/p-1/b19-13-. The third-order valence-corrected chi connectivity index (χ3v) is 5.02. The number of hydrogen-bond acceptors (Lipinski definition) is 6. The molecule has 8 nitrogen and oxygen atoms in total. The van der Waals surface area contributed by atoms with Crippen molar-refractivity contribution in [2.24, 2.45) is 0 Å². The Morgan fingerprint density at radius 2 is 1.69 bits per heavy atom. The van der Waals surface area contributed by atoms with E-state index >= 15 is 0 Å². The van der Waals surface area contributed by atoms with E-state index in [4.69, 9.17) is 4.42 Å². The molecule has 1 aliphatic rings. The Bertz CT molecular complexity index is 1250. The van der Waals surface area contributed by atoms with E-state index in [0.29, 0.717) is 17.0 Å². The molecule has 1 aromatic heterocycles. The fourth-order valence-corrected chi connectivity index (χ4v) is 3.27. The maximum Gasteiger partial charge on any atom is 0.335 e. The van der Waals surface area contributed by atoms with Gasteiger partial charge in [0, 0.05) is 5.56 Å². The third-order valence-electron chi connectivity index (χ3n) is 5.02. The van der Waals surface area contributed by atoms with Crippen LogP contribution in [-0.2, 0) is 16.0 Å². The van der Waals surface area contributed by atoms with E-state index in [0.717, 1.165) is 16.9 Å². The summed E-state index contributed by atoms with van der Waals surface area (Å²) in [6.07, 6.45) is 2.07. The quantitative estimate of drug-likeness (QED) is 0.492. The van der Waals surface area contributed by atoms with Crippen molar-refractivity contribution >= 4 is 35.6 Å². The molecular weight excluding hydrogens is 412 g/mol. The molecule has 4 amide bonds. The van der Waals surface area contributed by atoms with Crippen molar-refractivity contribution in [2.45, 2.75) is 13.3 Å². The predicted molar refractivity (Wildman–Crippen MR) is 113 cm³/mol. The summed E-state index contributed by atoms with van der Waals surface area (Å²) in [4.78, 5) is 49.4. The van der Waals surface area contributed by atoms with Crippen LogP contribution < -0.4 is 15.3 Å². The normalized spacial score (nSPS) is 15.2. The molecule has 160 valence electrons. The number of benzene rings is 2. The number of carbonyl (C=O) groups is 4. The fraction of sp³-hybridized carbons (Fsp3) is 0.0833. The Labute approximate surface area is 182 Å². The lowest BCUT2D eigenvalue weighted by atomic mass is 10.1. The molecular formula is C24H17N2O6-. The van der Waals surface area contributed by atoms with Crippen molar-refractivity contribution in [1.29, 1.82) is 0 Å². The molecule has 1 fully saturated rings. The van der Waals surface area contributed by atoms with Crippen molar-refractivity contribution < 1.29 is 28.7 Å². The zero-order chi connectivity index (χ0) is 22.8. The first-order chi connectivity index (χ1) is 15.4. The van der Waals surface area contributed by atoms with Crippen LogP contribution in [0.15, 0.2) is 70.7 Å². The van der Waals surface area contributed by atoms with Gasteiger partial charge in [-0.2, -0.15) is 0 Å². The highest BCUT2D eigenvalue weighted by Crippen LogP contribution is 2.26. The molecule has 1 N–H and O–H groups in total. The molecule has 0 bridgehead atoms. The summed E-state index contributed by atoms with van der Waals surface area (Å²) in [7, 11) is 0. The second-order valence-corrected chi connectivity index (χ2v) is 7.04. The second-order valence-electron chi connectivity index (χ2n) is 7.04. The number of imide groups is 2. The molecule has 1 aliphatic heterocycles. The summed E-state index contributed by atoms with van der Waals surface area (Å²) in [5.74, 6) is -2.24. The number of amides is 4. The number of urea groups is 1. The van der Waals surface area contributed by atoms with Gasteiger partial charge in [-0.15, -0.1) is 0 Å². The van der Waals surface area contributed by atoms with Crippen molar-refractivity contribution in [3.63, 3.8) is 0 Å². The molecule has 3 aromatic rings. The number of aryl methyl sites for hydroxylation is 1. The fourth-order valence-electron chi connectivity index (χ4n) is 3.27. The largest absolute Gasteiger partial charge is 0.545 e. The molecule has 2 heterocycles. The molecule has 0 unspecified atom stereocenters. The van der Waals surface area contributed by atoms with Crippen molar-refractivity contribution in [3.8, 4) is 11.3 Å². The van der Waals surface area contributed by atoms with Gasteiger partial charge in [0.05, 0.1) is 11.7 Å². The van der Waals surface area contributed by atoms with Crippen molar-refractivity contribution in [1.82, 2.24) is 5.32 Å². The zero-order valence-electron chi connectivity index (χ0n) is 17.0.